The summed E-state index contributed by atoms with van der Waals surface area (Å²) in [6, 6.07) is 6.57. The number of nitrogens with two attached hydrogens (primary N) is 1. The van der Waals surface area contributed by atoms with E-state index in [1.807, 2.05) is 0 Å². The molecule has 1 aromatic carbocycles. The first kappa shape index (κ1) is 12.9. The summed E-state index contributed by atoms with van der Waals surface area (Å²) in [5, 5.41) is 0. The lowest BCUT2D eigenvalue weighted by atomic mass is 10.1. The van der Waals surface area contributed by atoms with E-state index in [2.05, 4.69) is 15.9 Å². The molecular weight excluding hydrogens is 345 g/mol. The summed E-state index contributed by atoms with van der Waals surface area (Å²) in [5.74, 6) is -0.176. The Balaban J connectivity index is 2.47. The second kappa shape index (κ2) is 4.98. The number of rotatable bonds is 2. The molecule has 0 aliphatic heterocycles. The Morgan fingerprint density at radius 2 is 1.94 bits per heavy atom. The molecule has 6 heteroatoms. The molecule has 0 radical (unpaired) electrons. The van der Waals surface area contributed by atoms with Gasteiger partial charge < -0.3 is 5.73 Å². The lowest BCUT2D eigenvalue weighted by molar-refractivity contribution is 0.103. The molecule has 0 atom stereocenters. The highest BCUT2D eigenvalue weighted by Crippen LogP contribution is 2.34. The van der Waals surface area contributed by atoms with Crippen LogP contribution in [0.15, 0.2) is 28.7 Å². The number of hydrogen-bond acceptors (Lipinski definition) is 3. The quantitative estimate of drug-likeness (QED) is 0.633. The molecule has 0 aliphatic rings. The summed E-state index contributed by atoms with van der Waals surface area (Å²) in [7, 11) is 0. The number of nitrogen functional groups attached to an aromatic ring is 1. The van der Waals surface area contributed by atoms with E-state index in [0.717, 1.165) is 0 Å². The van der Waals surface area contributed by atoms with E-state index in [-0.39, 0.29) is 5.78 Å². The third kappa shape index (κ3) is 2.65. The van der Waals surface area contributed by atoms with E-state index in [0.29, 0.717) is 30.0 Å². The van der Waals surface area contributed by atoms with Crippen molar-refractivity contribution in [3.63, 3.8) is 0 Å². The van der Waals surface area contributed by atoms with Crippen LogP contribution in [0.4, 0.5) is 5.69 Å². The fourth-order valence-electron chi connectivity index (χ4n) is 1.36. The Bertz CT molecular complexity index is 597. The van der Waals surface area contributed by atoms with Gasteiger partial charge in [-0.1, -0.05) is 23.2 Å². The average Bonchev–Trinajstić information content (AvgIpc) is 2.57. The van der Waals surface area contributed by atoms with Crippen molar-refractivity contribution in [1.82, 2.24) is 0 Å². The van der Waals surface area contributed by atoms with Gasteiger partial charge in [0, 0.05) is 15.7 Å². The highest BCUT2D eigenvalue weighted by atomic mass is 79.9. The number of ketones is 1. The number of thiophene rings is 1. The molecule has 2 nitrogen and oxygen atoms in total. The van der Waals surface area contributed by atoms with Crippen molar-refractivity contribution in [2.24, 2.45) is 0 Å². The number of carbonyl (C=O) groups excluding carboxylic acids is 1. The fourth-order valence-corrected chi connectivity index (χ4v) is 3.39. The van der Waals surface area contributed by atoms with Gasteiger partial charge in [-0.3, -0.25) is 4.79 Å². The molecule has 2 rings (SSSR count). The molecule has 0 aliphatic carbocycles. The zero-order chi connectivity index (χ0) is 12.6. The van der Waals surface area contributed by atoms with Crippen LogP contribution in [0.3, 0.4) is 0 Å². The summed E-state index contributed by atoms with van der Waals surface area (Å²) < 4.78 is 1.52. The third-order valence-corrected chi connectivity index (χ3v) is 4.28. The Labute approximate surface area is 120 Å². The largest absolute Gasteiger partial charge is 0.399 e. The van der Waals surface area contributed by atoms with Crippen LogP contribution in [-0.2, 0) is 0 Å². The molecule has 1 heterocycles. The van der Waals surface area contributed by atoms with Gasteiger partial charge in [0.25, 0.3) is 0 Å². The van der Waals surface area contributed by atoms with E-state index >= 15 is 0 Å². The van der Waals surface area contributed by atoms with Gasteiger partial charge in [0.05, 0.1) is 9.90 Å². The maximum absolute atomic E-state index is 12.2. The van der Waals surface area contributed by atoms with Crippen LogP contribution in [0.1, 0.15) is 15.9 Å². The highest BCUT2D eigenvalue weighted by molar-refractivity contribution is 9.10. The lowest BCUT2D eigenvalue weighted by Crippen LogP contribution is -2.02. The number of carbonyl (C=O) groups is 1. The highest BCUT2D eigenvalue weighted by Gasteiger charge is 2.18. The third-order valence-electron chi connectivity index (χ3n) is 2.14. The maximum Gasteiger partial charge on any atom is 0.196 e. The van der Waals surface area contributed by atoms with Crippen molar-refractivity contribution in [2.75, 3.05) is 5.73 Å². The molecule has 2 N–H and O–H groups in total. The summed E-state index contributed by atoms with van der Waals surface area (Å²) in [6.45, 7) is 0. The van der Waals surface area contributed by atoms with E-state index in [1.54, 1.807) is 24.3 Å². The summed E-state index contributed by atoms with van der Waals surface area (Å²) in [5.41, 5.74) is 7.12. The first-order valence-electron chi connectivity index (χ1n) is 4.53. The summed E-state index contributed by atoms with van der Waals surface area (Å²) >= 11 is 16.2. The van der Waals surface area contributed by atoms with Crippen LogP contribution >= 0.6 is 50.5 Å². The smallest absolute Gasteiger partial charge is 0.196 e. The van der Waals surface area contributed by atoms with Crippen LogP contribution in [0, 0.1) is 0 Å². The predicted molar refractivity (Wildman–Crippen MR) is 76.3 cm³/mol. The Morgan fingerprint density at radius 1 is 1.24 bits per heavy atom. The molecule has 0 amide bonds. The fraction of sp³-hybridized carbons (Fsp3) is 0. The Kier molecular flexibility index (Phi) is 3.78. The standard InChI is InChI=1S/C11H6BrCl2NOS/c12-8-3-5(15)1-2-6(8)10(16)7-4-9(13)17-11(7)14/h1-4H,15H2. The molecule has 0 bridgehead atoms. The minimum atomic E-state index is -0.176. The molecule has 17 heavy (non-hydrogen) atoms. The van der Waals surface area contributed by atoms with Gasteiger partial charge in [0.1, 0.15) is 4.34 Å². The van der Waals surface area contributed by atoms with Gasteiger partial charge in [-0.15, -0.1) is 11.3 Å². The van der Waals surface area contributed by atoms with Gasteiger partial charge >= 0.3 is 0 Å². The molecule has 0 saturated carbocycles. The monoisotopic (exact) mass is 349 g/mol. The van der Waals surface area contributed by atoms with Crippen molar-refractivity contribution < 1.29 is 4.79 Å². The lowest BCUT2D eigenvalue weighted by Gasteiger charge is -2.03. The Hall–Kier alpha value is -0.550. The first-order valence-corrected chi connectivity index (χ1v) is 6.90. The minimum absolute atomic E-state index is 0.176. The van der Waals surface area contributed by atoms with Gasteiger partial charge in [-0.2, -0.15) is 0 Å². The molecule has 1 aromatic heterocycles. The van der Waals surface area contributed by atoms with Gasteiger partial charge in [0.15, 0.2) is 5.78 Å². The Morgan fingerprint density at radius 3 is 2.47 bits per heavy atom. The average molecular weight is 351 g/mol. The number of halogens is 3. The van der Waals surface area contributed by atoms with Crippen molar-refractivity contribution in [2.45, 2.75) is 0 Å². The summed E-state index contributed by atoms with van der Waals surface area (Å²) in [4.78, 5) is 12.2. The van der Waals surface area contributed by atoms with Crippen LogP contribution < -0.4 is 5.73 Å². The van der Waals surface area contributed by atoms with Crippen molar-refractivity contribution in [3.8, 4) is 0 Å². The zero-order valence-corrected chi connectivity index (χ0v) is 12.3. The second-order valence-corrected chi connectivity index (χ2v) is 6.45. The molecule has 0 spiro atoms. The van der Waals surface area contributed by atoms with Crippen LogP contribution in [0.2, 0.25) is 8.67 Å². The molecule has 2 aromatic rings. The van der Waals surface area contributed by atoms with Crippen molar-refractivity contribution in [3.05, 3.63) is 48.5 Å². The topological polar surface area (TPSA) is 43.1 Å². The van der Waals surface area contributed by atoms with Gasteiger partial charge in [-0.05, 0) is 40.2 Å². The van der Waals surface area contributed by atoms with Crippen LogP contribution in [-0.4, -0.2) is 5.78 Å². The van der Waals surface area contributed by atoms with E-state index in [9.17, 15) is 4.79 Å². The predicted octanol–water partition coefficient (Wildman–Crippen LogP) is 4.63. The number of benzene rings is 1. The summed E-state index contributed by atoms with van der Waals surface area (Å²) in [6.07, 6.45) is 0. The van der Waals surface area contributed by atoms with Crippen molar-refractivity contribution >= 4 is 61.9 Å². The van der Waals surface area contributed by atoms with Crippen LogP contribution in [0.25, 0.3) is 0 Å². The van der Waals surface area contributed by atoms with Crippen LogP contribution in [0.5, 0.6) is 0 Å². The van der Waals surface area contributed by atoms with Gasteiger partial charge in [0.2, 0.25) is 0 Å². The molecule has 0 unspecified atom stereocenters. The SMILES string of the molecule is Nc1ccc(C(=O)c2cc(Cl)sc2Cl)c(Br)c1. The number of anilines is 1. The zero-order valence-electron chi connectivity index (χ0n) is 8.34. The van der Waals surface area contributed by atoms with Crippen molar-refractivity contribution in [1.29, 1.82) is 0 Å². The van der Waals surface area contributed by atoms with E-state index in [4.69, 9.17) is 28.9 Å². The molecule has 88 valence electrons. The van der Waals surface area contributed by atoms with Gasteiger partial charge in [-0.25, -0.2) is 0 Å². The normalized spacial score (nSPS) is 10.5. The minimum Gasteiger partial charge on any atom is -0.399 e. The van der Waals surface area contributed by atoms with E-state index in [1.165, 1.54) is 11.3 Å². The molecular formula is C11H6BrCl2NOS. The number of hydrogen-bond donors (Lipinski definition) is 1. The maximum atomic E-state index is 12.2. The second-order valence-electron chi connectivity index (χ2n) is 3.31. The first-order chi connectivity index (χ1) is 7.99. The van der Waals surface area contributed by atoms with E-state index < -0.39 is 0 Å². The molecule has 0 saturated heterocycles. The molecule has 0 fully saturated rings.